The van der Waals surface area contributed by atoms with Crippen LogP contribution in [0.3, 0.4) is 0 Å². The number of nitrogens with zero attached hydrogens (tertiary/aromatic N) is 1. The Morgan fingerprint density at radius 2 is 1.59 bits per heavy atom. The van der Waals surface area contributed by atoms with Crippen molar-refractivity contribution in [3.8, 4) is 0 Å². The van der Waals surface area contributed by atoms with Gasteiger partial charge in [0.2, 0.25) is 15.9 Å². The highest BCUT2D eigenvalue weighted by Crippen LogP contribution is 2.17. The van der Waals surface area contributed by atoms with Crippen molar-refractivity contribution in [3.63, 3.8) is 0 Å². The summed E-state index contributed by atoms with van der Waals surface area (Å²) in [5.74, 6) is -0.586. The number of hydrogen-bond donors (Lipinski definition) is 1. The fraction of sp³-hybridized carbons (Fsp3) is 0.188. The quantitative estimate of drug-likeness (QED) is 0.914. The molecule has 0 spiro atoms. The molecule has 0 heterocycles. The molecule has 0 atom stereocenters. The Kier molecular flexibility index (Phi) is 4.63. The maximum absolute atomic E-state index is 12.5. The van der Waals surface area contributed by atoms with Crippen LogP contribution in [0.5, 0.6) is 0 Å². The van der Waals surface area contributed by atoms with Gasteiger partial charge in [-0.2, -0.15) is 4.31 Å². The first kappa shape index (κ1) is 16.2. The van der Waals surface area contributed by atoms with E-state index >= 15 is 0 Å². The molecule has 0 radical (unpaired) electrons. The van der Waals surface area contributed by atoms with Gasteiger partial charge in [0.1, 0.15) is 0 Å². The lowest BCUT2D eigenvalue weighted by Gasteiger charge is -2.17. The summed E-state index contributed by atoms with van der Waals surface area (Å²) >= 11 is 0. The highest BCUT2D eigenvalue weighted by molar-refractivity contribution is 7.89. The van der Waals surface area contributed by atoms with E-state index in [-0.39, 0.29) is 17.0 Å². The van der Waals surface area contributed by atoms with Crippen LogP contribution in [0.4, 0.5) is 0 Å². The molecular formula is C16H18N2O3S. The van der Waals surface area contributed by atoms with E-state index in [1.165, 1.54) is 35.6 Å². The van der Waals surface area contributed by atoms with Crippen LogP contribution in [0.2, 0.25) is 0 Å². The second-order valence-corrected chi connectivity index (χ2v) is 7.18. The lowest BCUT2D eigenvalue weighted by atomic mass is 10.1. The monoisotopic (exact) mass is 318 g/mol. The van der Waals surface area contributed by atoms with Gasteiger partial charge >= 0.3 is 0 Å². The first-order chi connectivity index (χ1) is 10.3. The molecule has 0 unspecified atom stereocenters. The summed E-state index contributed by atoms with van der Waals surface area (Å²) in [5, 5.41) is 0. The molecule has 5 nitrogen and oxygen atoms in total. The first-order valence-corrected chi connectivity index (χ1v) is 8.16. The van der Waals surface area contributed by atoms with Crippen LogP contribution in [0.1, 0.15) is 21.5 Å². The van der Waals surface area contributed by atoms with Crippen LogP contribution in [-0.2, 0) is 16.6 Å². The normalized spacial score (nSPS) is 11.6. The summed E-state index contributed by atoms with van der Waals surface area (Å²) in [4.78, 5) is 11.2. The lowest BCUT2D eigenvalue weighted by Crippen LogP contribution is -2.26. The zero-order valence-electron chi connectivity index (χ0n) is 12.5. The number of primary amides is 1. The molecule has 0 saturated heterocycles. The largest absolute Gasteiger partial charge is 0.366 e. The fourth-order valence-electron chi connectivity index (χ4n) is 2.01. The van der Waals surface area contributed by atoms with E-state index in [1.807, 2.05) is 31.2 Å². The van der Waals surface area contributed by atoms with Crippen molar-refractivity contribution in [2.24, 2.45) is 5.73 Å². The number of nitrogens with two attached hydrogens (primary N) is 1. The summed E-state index contributed by atoms with van der Waals surface area (Å²) < 4.78 is 26.3. The van der Waals surface area contributed by atoms with Crippen molar-refractivity contribution < 1.29 is 13.2 Å². The molecule has 0 bridgehead atoms. The van der Waals surface area contributed by atoms with Crippen molar-refractivity contribution in [1.29, 1.82) is 0 Å². The molecule has 0 aromatic heterocycles. The zero-order valence-corrected chi connectivity index (χ0v) is 13.3. The Balaban J connectivity index is 2.21. The molecule has 2 aromatic rings. The first-order valence-electron chi connectivity index (χ1n) is 6.72. The van der Waals surface area contributed by atoms with Gasteiger partial charge < -0.3 is 5.73 Å². The van der Waals surface area contributed by atoms with Crippen LogP contribution >= 0.6 is 0 Å². The second-order valence-electron chi connectivity index (χ2n) is 5.14. The maximum Gasteiger partial charge on any atom is 0.248 e. The highest BCUT2D eigenvalue weighted by atomic mass is 32.2. The van der Waals surface area contributed by atoms with Crippen LogP contribution < -0.4 is 5.73 Å². The third-order valence-electron chi connectivity index (χ3n) is 3.37. The molecule has 0 aliphatic carbocycles. The van der Waals surface area contributed by atoms with E-state index in [9.17, 15) is 13.2 Å². The third kappa shape index (κ3) is 3.52. The van der Waals surface area contributed by atoms with Gasteiger partial charge in [-0.05, 0) is 36.8 Å². The van der Waals surface area contributed by atoms with E-state index in [0.717, 1.165) is 11.1 Å². The average molecular weight is 318 g/mol. The SMILES string of the molecule is Cc1ccc(CN(C)S(=O)(=O)c2ccc(C(N)=O)cc2)cc1. The van der Waals surface area contributed by atoms with Gasteiger partial charge in [-0.1, -0.05) is 29.8 Å². The Bertz CT molecular complexity index is 766. The summed E-state index contributed by atoms with van der Waals surface area (Å²) in [6.07, 6.45) is 0. The summed E-state index contributed by atoms with van der Waals surface area (Å²) in [5.41, 5.74) is 7.46. The number of carbonyl (C=O) groups excluding carboxylic acids is 1. The van der Waals surface area contributed by atoms with E-state index in [0.29, 0.717) is 0 Å². The summed E-state index contributed by atoms with van der Waals surface area (Å²) in [7, 11) is -2.08. The molecule has 1 amide bonds. The molecule has 2 rings (SSSR count). The van der Waals surface area contributed by atoms with E-state index in [4.69, 9.17) is 5.73 Å². The molecule has 116 valence electrons. The Morgan fingerprint density at radius 3 is 2.09 bits per heavy atom. The number of sulfonamides is 1. The number of aryl methyl sites for hydroxylation is 1. The molecule has 22 heavy (non-hydrogen) atoms. The molecule has 0 aliphatic heterocycles. The number of rotatable bonds is 5. The lowest BCUT2D eigenvalue weighted by molar-refractivity contribution is 0.1000. The average Bonchev–Trinajstić information content (AvgIpc) is 2.49. The van der Waals surface area contributed by atoms with Crippen LogP contribution in [0.15, 0.2) is 53.4 Å². The minimum Gasteiger partial charge on any atom is -0.366 e. The zero-order chi connectivity index (χ0) is 16.3. The van der Waals surface area contributed by atoms with Crippen LogP contribution in [0.25, 0.3) is 0 Å². The minimum atomic E-state index is -3.61. The predicted molar refractivity (Wildman–Crippen MR) is 84.8 cm³/mol. The van der Waals surface area contributed by atoms with Gasteiger partial charge in [0.15, 0.2) is 0 Å². The Morgan fingerprint density at radius 1 is 1.05 bits per heavy atom. The number of hydrogen-bond acceptors (Lipinski definition) is 3. The van der Waals surface area contributed by atoms with Crippen molar-refractivity contribution in [2.45, 2.75) is 18.4 Å². The number of amides is 1. The summed E-state index contributed by atoms with van der Waals surface area (Å²) in [6.45, 7) is 2.25. The Hall–Kier alpha value is -2.18. The minimum absolute atomic E-state index is 0.132. The fourth-order valence-corrected chi connectivity index (χ4v) is 3.17. The molecule has 2 aromatic carbocycles. The topological polar surface area (TPSA) is 80.5 Å². The van der Waals surface area contributed by atoms with Crippen LogP contribution in [0, 0.1) is 6.92 Å². The van der Waals surface area contributed by atoms with E-state index in [2.05, 4.69) is 0 Å². The van der Waals surface area contributed by atoms with Crippen molar-refractivity contribution in [3.05, 3.63) is 65.2 Å². The van der Waals surface area contributed by atoms with Crippen molar-refractivity contribution in [2.75, 3.05) is 7.05 Å². The highest BCUT2D eigenvalue weighted by Gasteiger charge is 2.21. The molecule has 0 fully saturated rings. The van der Waals surface area contributed by atoms with E-state index < -0.39 is 15.9 Å². The van der Waals surface area contributed by atoms with Crippen LogP contribution in [-0.4, -0.2) is 25.7 Å². The van der Waals surface area contributed by atoms with Gasteiger partial charge in [-0.3, -0.25) is 4.79 Å². The summed E-state index contributed by atoms with van der Waals surface area (Å²) in [6, 6.07) is 13.3. The number of carbonyl (C=O) groups is 1. The predicted octanol–water partition coefficient (Wildman–Crippen LogP) is 1.91. The number of benzene rings is 2. The second kappa shape index (κ2) is 6.29. The molecule has 0 aliphatic rings. The van der Waals surface area contributed by atoms with Crippen molar-refractivity contribution in [1.82, 2.24) is 4.31 Å². The standard InChI is InChI=1S/C16H18N2O3S/c1-12-3-5-13(6-4-12)11-18(2)22(20,21)15-9-7-14(8-10-15)16(17)19/h3-10H,11H2,1-2H3,(H2,17,19). The smallest absolute Gasteiger partial charge is 0.248 e. The third-order valence-corrected chi connectivity index (χ3v) is 5.19. The molecular weight excluding hydrogens is 300 g/mol. The van der Waals surface area contributed by atoms with Gasteiger partial charge in [0.25, 0.3) is 0 Å². The van der Waals surface area contributed by atoms with Gasteiger partial charge in [-0.15, -0.1) is 0 Å². The Labute approximate surface area is 130 Å². The van der Waals surface area contributed by atoms with Crippen molar-refractivity contribution >= 4 is 15.9 Å². The maximum atomic E-state index is 12.5. The molecule has 0 saturated carbocycles. The van der Waals surface area contributed by atoms with Gasteiger partial charge in [-0.25, -0.2) is 8.42 Å². The van der Waals surface area contributed by atoms with Gasteiger partial charge in [0.05, 0.1) is 4.90 Å². The molecule has 6 heteroatoms. The molecule has 2 N–H and O–H groups in total. The van der Waals surface area contributed by atoms with E-state index in [1.54, 1.807) is 0 Å². The van der Waals surface area contributed by atoms with Gasteiger partial charge in [0, 0.05) is 19.2 Å².